The molecule has 0 aliphatic heterocycles. The molecule has 0 atom stereocenters. The summed E-state index contributed by atoms with van der Waals surface area (Å²) in [6.07, 6.45) is 0. The van der Waals surface area contributed by atoms with Crippen LogP contribution in [0.2, 0.25) is 0 Å². The van der Waals surface area contributed by atoms with Gasteiger partial charge in [0.15, 0.2) is 0 Å². The van der Waals surface area contributed by atoms with Crippen molar-refractivity contribution in [2.45, 2.75) is 0 Å². The summed E-state index contributed by atoms with van der Waals surface area (Å²) in [7, 11) is 0. The molecule has 1 aromatic carbocycles. The molecule has 74 valence electrons. The third-order valence-corrected chi connectivity index (χ3v) is 1.43. The maximum absolute atomic E-state index is 12.9. The third-order valence-electron chi connectivity index (χ3n) is 1.43. The second kappa shape index (κ2) is 3.82. The molecule has 0 heterocycles. The van der Waals surface area contributed by atoms with Gasteiger partial charge >= 0.3 is 11.8 Å². The Morgan fingerprint density at radius 1 is 1.21 bits per heavy atom. The summed E-state index contributed by atoms with van der Waals surface area (Å²) in [5.74, 6) is -4.53. The third kappa shape index (κ3) is 2.03. The molecular weight excluding hydrogens is 194 g/mol. The number of amides is 2. The molecule has 0 spiro atoms. The van der Waals surface area contributed by atoms with Gasteiger partial charge in [0.05, 0.1) is 0 Å². The van der Waals surface area contributed by atoms with Crippen molar-refractivity contribution in [3.05, 3.63) is 29.8 Å². The Hall–Kier alpha value is -1.98. The predicted octanol–water partition coefficient (Wildman–Crippen LogP) is 0.389. The standard InChI is InChI=1S/C8H6F2N2O2/c9-4-2-1-3-5(10)6(4)12-8(14)7(11)13/h1-3H,(H2,11,13)(H,12,14). The van der Waals surface area contributed by atoms with E-state index >= 15 is 0 Å². The van der Waals surface area contributed by atoms with Crippen molar-refractivity contribution in [3.63, 3.8) is 0 Å². The second-order valence-corrected chi connectivity index (χ2v) is 2.42. The average Bonchev–Trinajstić information content (AvgIpc) is 2.11. The van der Waals surface area contributed by atoms with Crippen LogP contribution in [0.1, 0.15) is 0 Å². The summed E-state index contributed by atoms with van der Waals surface area (Å²) in [6.45, 7) is 0. The molecule has 2 amide bonds. The minimum absolute atomic E-state index is 0.684. The molecule has 1 aromatic rings. The highest BCUT2D eigenvalue weighted by Crippen LogP contribution is 2.17. The van der Waals surface area contributed by atoms with Gasteiger partial charge in [-0.25, -0.2) is 8.78 Å². The minimum Gasteiger partial charge on any atom is -0.361 e. The number of hydrogen-bond donors (Lipinski definition) is 2. The number of carbonyl (C=O) groups is 2. The van der Waals surface area contributed by atoms with Crippen molar-refractivity contribution >= 4 is 17.5 Å². The topological polar surface area (TPSA) is 72.2 Å². The molecule has 0 bridgehead atoms. The second-order valence-electron chi connectivity index (χ2n) is 2.42. The Labute approximate surface area is 77.7 Å². The molecule has 0 fully saturated rings. The first kappa shape index (κ1) is 10.1. The summed E-state index contributed by atoms with van der Waals surface area (Å²) in [5, 5.41) is 1.71. The first-order valence-electron chi connectivity index (χ1n) is 3.57. The number of benzene rings is 1. The Morgan fingerprint density at radius 3 is 2.14 bits per heavy atom. The van der Waals surface area contributed by atoms with Gasteiger partial charge in [-0.2, -0.15) is 0 Å². The number of nitrogens with one attached hydrogen (secondary N) is 1. The molecule has 1 rings (SSSR count). The van der Waals surface area contributed by atoms with Crippen LogP contribution in [0, 0.1) is 11.6 Å². The lowest BCUT2D eigenvalue weighted by Crippen LogP contribution is -2.30. The van der Waals surface area contributed by atoms with Crippen LogP contribution in [-0.4, -0.2) is 11.8 Å². The number of halogens is 2. The van der Waals surface area contributed by atoms with Crippen LogP contribution >= 0.6 is 0 Å². The monoisotopic (exact) mass is 200 g/mol. The summed E-state index contributed by atoms with van der Waals surface area (Å²) in [6, 6.07) is 3.02. The summed E-state index contributed by atoms with van der Waals surface area (Å²) < 4.78 is 25.7. The van der Waals surface area contributed by atoms with E-state index < -0.39 is 29.1 Å². The largest absolute Gasteiger partial charge is 0.361 e. The average molecular weight is 200 g/mol. The maximum Gasteiger partial charge on any atom is 0.313 e. The first-order chi connectivity index (χ1) is 6.52. The van der Waals surface area contributed by atoms with Gasteiger partial charge in [-0.05, 0) is 12.1 Å². The maximum atomic E-state index is 12.9. The molecule has 0 aliphatic rings. The molecule has 0 aromatic heterocycles. The zero-order chi connectivity index (χ0) is 10.7. The van der Waals surface area contributed by atoms with Gasteiger partial charge in [-0.15, -0.1) is 0 Å². The van der Waals surface area contributed by atoms with E-state index in [2.05, 4.69) is 5.73 Å². The highest BCUT2D eigenvalue weighted by Gasteiger charge is 2.14. The number of rotatable bonds is 1. The molecule has 0 radical (unpaired) electrons. The fourth-order valence-electron chi connectivity index (χ4n) is 0.792. The van der Waals surface area contributed by atoms with Crippen molar-refractivity contribution < 1.29 is 18.4 Å². The zero-order valence-corrected chi connectivity index (χ0v) is 6.88. The lowest BCUT2D eigenvalue weighted by molar-refractivity contribution is -0.134. The van der Waals surface area contributed by atoms with Gasteiger partial charge in [0.25, 0.3) is 0 Å². The van der Waals surface area contributed by atoms with E-state index in [0.717, 1.165) is 18.2 Å². The van der Waals surface area contributed by atoms with E-state index in [9.17, 15) is 18.4 Å². The number of anilines is 1. The van der Waals surface area contributed by atoms with Gasteiger partial charge in [0, 0.05) is 0 Å². The molecular formula is C8H6F2N2O2. The quantitative estimate of drug-likeness (QED) is 0.643. The number of primary amides is 1. The fourth-order valence-corrected chi connectivity index (χ4v) is 0.792. The van der Waals surface area contributed by atoms with Gasteiger partial charge in [-0.3, -0.25) is 9.59 Å². The van der Waals surface area contributed by atoms with Crippen LogP contribution < -0.4 is 11.1 Å². The highest BCUT2D eigenvalue weighted by molar-refractivity contribution is 6.39. The molecule has 0 saturated heterocycles. The van der Waals surface area contributed by atoms with E-state index in [0.29, 0.717) is 0 Å². The molecule has 14 heavy (non-hydrogen) atoms. The van der Waals surface area contributed by atoms with Crippen LogP contribution in [-0.2, 0) is 9.59 Å². The Morgan fingerprint density at radius 2 is 1.71 bits per heavy atom. The van der Waals surface area contributed by atoms with E-state index in [1.54, 1.807) is 5.32 Å². The zero-order valence-electron chi connectivity index (χ0n) is 6.88. The minimum atomic E-state index is -1.31. The predicted molar refractivity (Wildman–Crippen MR) is 44.2 cm³/mol. The molecule has 0 saturated carbocycles. The molecule has 0 aliphatic carbocycles. The van der Waals surface area contributed by atoms with Gasteiger partial charge in [0.2, 0.25) is 0 Å². The van der Waals surface area contributed by atoms with Crippen LogP contribution in [0.5, 0.6) is 0 Å². The Kier molecular flexibility index (Phi) is 2.76. The molecule has 3 N–H and O–H groups in total. The van der Waals surface area contributed by atoms with Crippen molar-refractivity contribution in [2.75, 3.05) is 5.32 Å². The molecule has 4 nitrogen and oxygen atoms in total. The molecule has 0 unspecified atom stereocenters. The highest BCUT2D eigenvalue weighted by atomic mass is 19.1. The number of nitrogens with two attached hydrogens (primary N) is 1. The SMILES string of the molecule is NC(=O)C(=O)Nc1c(F)cccc1F. The molecule has 6 heteroatoms. The van der Waals surface area contributed by atoms with E-state index in [4.69, 9.17) is 0 Å². The van der Waals surface area contributed by atoms with E-state index in [1.165, 1.54) is 0 Å². The smallest absolute Gasteiger partial charge is 0.313 e. The Balaban J connectivity index is 2.97. The van der Waals surface area contributed by atoms with Crippen LogP contribution in [0.15, 0.2) is 18.2 Å². The number of para-hydroxylation sites is 1. The van der Waals surface area contributed by atoms with Crippen molar-refractivity contribution in [1.29, 1.82) is 0 Å². The normalized spacial score (nSPS) is 9.57. The van der Waals surface area contributed by atoms with Crippen LogP contribution in [0.25, 0.3) is 0 Å². The number of hydrogen-bond acceptors (Lipinski definition) is 2. The lowest BCUT2D eigenvalue weighted by atomic mass is 10.3. The van der Waals surface area contributed by atoms with E-state index in [1.807, 2.05) is 0 Å². The van der Waals surface area contributed by atoms with Crippen molar-refractivity contribution in [3.8, 4) is 0 Å². The van der Waals surface area contributed by atoms with E-state index in [-0.39, 0.29) is 0 Å². The van der Waals surface area contributed by atoms with Gasteiger partial charge in [0.1, 0.15) is 17.3 Å². The fraction of sp³-hybridized carbons (Fsp3) is 0. The summed E-state index contributed by atoms with van der Waals surface area (Å²) in [5.41, 5.74) is 3.90. The van der Waals surface area contributed by atoms with Gasteiger partial charge in [-0.1, -0.05) is 6.07 Å². The van der Waals surface area contributed by atoms with Crippen molar-refractivity contribution in [2.24, 2.45) is 5.73 Å². The van der Waals surface area contributed by atoms with Crippen LogP contribution in [0.3, 0.4) is 0 Å². The number of carbonyl (C=O) groups excluding carboxylic acids is 2. The summed E-state index contributed by atoms with van der Waals surface area (Å²) in [4.78, 5) is 21.0. The first-order valence-corrected chi connectivity index (χ1v) is 3.57. The van der Waals surface area contributed by atoms with Crippen LogP contribution in [0.4, 0.5) is 14.5 Å². The summed E-state index contributed by atoms with van der Waals surface area (Å²) >= 11 is 0. The van der Waals surface area contributed by atoms with Crippen molar-refractivity contribution in [1.82, 2.24) is 0 Å². The van der Waals surface area contributed by atoms with Gasteiger partial charge < -0.3 is 11.1 Å². The lowest BCUT2D eigenvalue weighted by Gasteiger charge is -2.04. The Bertz CT molecular complexity index is 373.